The van der Waals surface area contributed by atoms with E-state index in [1.54, 1.807) is 23.5 Å². The van der Waals surface area contributed by atoms with Gasteiger partial charge >= 0.3 is 0 Å². The van der Waals surface area contributed by atoms with Gasteiger partial charge in [-0.2, -0.15) is 0 Å². The molecule has 1 atom stereocenters. The van der Waals surface area contributed by atoms with E-state index in [0.717, 1.165) is 17.0 Å². The monoisotopic (exact) mass is 322 g/mol. The summed E-state index contributed by atoms with van der Waals surface area (Å²) in [5, 5.41) is 4.51. The smallest absolute Gasteiger partial charge is 0.178 e. The molecule has 2 heterocycles. The Labute approximate surface area is 129 Å². The Kier molecular flexibility index (Phi) is 4.10. The summed E-state index contributed by atoms with van der Waals surface area (Å²) in [5.41, 5.74) is 0.885. The molecule has 21 heavy (non-hydrogen) atoms. The minimum atomic E-state index is -3.11. The molecule has 0 saturated heterocycles. The van der Waals surface area contributed by atoms with Crippen LogP contribution in [-0.4, -0.2) is 19.2 Å². The number of nitrogens with zero attached hydrogens (tertiary/aromatic N) is 1. The van der Waals surface area contributed by atoms with Crippen LogP contribution in [0.25, 0.3) is 0 Å². The van der Waals surface area contributed by atoms with Crippen LogP contribution in [-0.2, 0) is 22.8 Å². The molecule has 0 radical (unpaired) electrons. The van der Waals surface area contributed by atoms with E-state index in [4.69, 9.17) is 0 Å². The van der Waals surface area contributed by atoms with Gasteiger partial charge in [0.2, 0.25) is 0 Å². The van der Waals surface area contributed by atoms with E-state index in [1.807, 2.05) is 18.3 Å². The van der Waals surface area contributed by atoms with Crippen molar-refractivity contribution in [3.63, 3.8) is 0 Å². The number of thiazole rings is 1. The second-order valence-corrected chi connectivity index (χ2v) is 8.43. The van der Waals surface area contributed by atoms with E-state index < -0.39 is 9.84 Å². The van der Waals surface area contributed by atoms with Crippen molar-refractivity contribution in [2.24, 2.45) is 0 Å². The number of benzene rings is 1. The summed E-state index contributed by atoms with van der Waals surface area (Å²) >= 11 is 1.71. The van der Waals surface area contributed by atoms with Gasteiger partial charge < -0.3 is 5.32 Å². The Bertz CT molecular complexity index is 738. The molecule has 1 unspecified atom stereocenters. The summed E-state index contributed by atoms with van der Waals surface area (Å²) in [6, 6.07) is 7.37. The van der Waals surface area contributed by atoms with Crippen LogP contribution in [0.5, 0.6) is 0 Å². The van der Waals surface area contributed by atoms with Crippen LogP contribution in [0, 0.1) is 0 Å². The molecule has 1 aliphatic rings. The summed E-state index contributed by atoms with van der Waals surface area (Å²) in [4.78, 5) is 6.14. The molecule has 6 heteroatoms. The standard InChI is InChI=1S/C15H18N2O2S2/c1-2-11-9-17-15(20-11)10-16-13-7-8-21(18,19)14-6-4-3-5-12(13)14/h3-6,9,13,16H,2,7-8,10H2,1H3. The molecule has 0 aliphatic carbocycles. The summed E-state index contributed by atoms with van der Waals surface area (Å²) in [6.45, 7) is 2.80. The molecule has 1 aromatic carbocycles. The van der Waals surface area contributed by atoms with E-state index >= 15 is 0 Å². The highest BCUT2D eigenvalue weighted by atomic mass is 32.2. The molecule has 3 rings (SSSR count). The predicted octanol–water partition coefficient (Wildman–Crippen LogP) is 2.71. The zero-order valence-electron chi connectivity index (χ0n) is 11.9. The van der Waals surface area contributed by atoms with Gasteiger partial charge in [0, 0.05) is 23.7 Å². The largest absolute Gasteiger partial charge is 0.303 e. The van der Waals surface area contributed by atoms with Gasteiger partial charge in [-0.1, -0.05) is 25.1 Å². The summed E-state index contributed by atoms with van der Waals surface area (Å²) in [5.74, 6) is 0.208. The van der Waals surface area contributed by atoms with Crippen LogP contribution >= 0.6 is 11.3 Å². The zero-order chi connectivity index (χ0) is 14.9. The molecule has 0 spiro atoms. The lowest BCUT2D eigenvalue weighted by molar-refractivity contribution is 0.491. The van der Waals surface area contributed by atoms with Crippen LogP contribution in [0.2, 0.25) is 0 Å². The molecule has 112 valence electrons. The Morgan fingerprint density at radius 3 is 2.95 bits per heavy atom. The molecular weight excluding hydrogens is 304 g/mol. The maximum atomic E-state index is 12.1. The van der Waals surface area contributed by atoms with E-state index in [1.165, 1.54) is 4.88 Å². The van der Waals surface area contributed by atoms with Gasteiger partial charge in [-0.3, -0.25) is 0 Å². The fourth-order valence-corrected chi connectivity index (χ4v) is 5.04. The molecule has 0 saturated carbocycles. The highest BCUT2D eigenvalue weighted by Gasteiger charge is 2.29. The van der Waals surface area contributed by atoms with E-state index in [2.05, 4.69) is 17.2 Å². The number of aryl methyl sites for hydroxylation is 1. The van der Waals surface area contributed by atoms with E-state index in [0.29, 0.717) is 17.9 Å². The minimum Gasteiger partial charge on any atom is -0.303 e. The first-order valence-corrected chi connectivity index (χ1v) is 9.55. The van der Waals surface area contributed by atoms with Crippen LogP contribution in [0.15, 0.2) is 35.4 Å². The minimum absolute atomic E-state index is 0.0821. The van der Waals surface area contributed by atoms with Gasteiger partial charge in [0.25, 0.3) is 0 Å². The molecule has 0 amide bonds. The SMILES string of the molecule is CCc1cnc(CNC2CCS(=O)(=O)c3ccccc32)s1. The Balaban J connectivity index is 1.78. The molecule has 0 bridgehead atoms. The van der Waals surface area contributed by atoms with E-state index in [9.17, 15) is 8.42 Å². The second-order valence-electron chi connectivity index (χ2n) is 5.15. The van der Waals surface area contributed by atoms with Crippen molar-refractivity contribution in [2.75, 3.05) is 5.75 Å². The van der Waals surface area contributed by atoms with Crippen LogP contribution < -0.4 is 5.32 Å². The Hall–Kier alpha value is -1.24. The van der Waals surface area contributed by atoms with Crippen LogP contribution in [0.4, 0.5) is 0 Å². The lowest BCUT2D eigenvalue weighted by Gasteiger charge is -2.26. The topological polar surface area (TPSA) is 59.1 Å². The molecular formula is C15H18N2O2S2. The molecule has 1 aromatic heterocycles. The maximum Gasteiger partial charge on any atom is 0.178 e. The fourth-order valence-electron chi connectivity index (χ4n) is 2.61. The van der Waals surface area contributed by atoms with Crippen molar-refractivity contribution in [2.45, 2.75) is 37.2 Å². The molecule has 0 fully saturated rings. The van der Waals surface area contributed by atoms with Gasteiger partial charge in [0.15, 0.2) is 9.84 Å². The summed E-state index contributed by atoms with van der Waals surface area (Å²) in [7, 11) is -3.11. The third-order valence-corrected chi connectivity index (χ3v) is 6.71. The van der Waals surface area contributed by atoms with E-state index in [-0.39, 0.29) is 11.8 Å². The third-order valence-electron chi connectivity index (χ3n) is 3.75. The van der Waals surface area contributed by atoms with Crippen molar-refractivity contribution < 1.29 is 8.42 Å². The quantitative estimate of drug-likeness (QED) is 0.940. The number of hydrogen-bond donors (Lipinski definition) is 1. The number of fused-ring (bicyclic) bond motifs is 1. The molecule has 2 aromatic rings. The second kappa shape index (κ2) is 5.87. The Morgan fingerprint density at radius 2 is 2.19 bits per heavy atom. The van der Waals surface area contributed by atoms with Crippen molar-refractivity contribution in [1.82, 2.24) is 10.3 Å². The normalized spacial score (nSPS) is 20.1. The summed E-state index contributed by atoms with van der Waals surface area (Å²) < 4.78 is 24.2. The number of sulfone groups is 1. The third kappa shape index (κ3) is 3.02. The molecule has 1 N–H and O–H groups in total. The lowest BCUT2D eigenvalue weighted by Crippen LogP contribution is -2.29. The van der Waals surface area contributed by atoms with Crippen molar-refractivity contribution in [1.29, 1.82) is 0 Å². The van der Waals surface area contributed by atoms with Crippen LogP contribution in [0.3, 0.4) is 0 Å². The first kappa shape index (κ1) is 14.7. The first-order chi connectivity index (χ1) is 10.1. The van der Waals surface area contributed by atoms with Crippen molar-refractivity contribution >= 4 is 21.2 Å². The first-order valence-electron chi connectivity index (χ1n) is 7.09. The van der Waals surface area contributed by atoms with Crippen molar-refractivity contribution in [3.8, 4) is 0 Å². The van der Waals surface area contributed by atoms with Gasteiger partial charge in [-0.05, 0) is 24.5 Å². The average Bonchev–Trinajstić information content (AvgIpc) is 2.95. The molecule has 4 nitrogen and oxygen atoms in total. The van der Waals surface area contributed by atoms with Gasteiger partial charge in [0.05, 0.1) is 10.6 Å². The number of rotatable bonds is 4. The fraction of sp³-hybridized carbons (Fsp3) is 0.400. The lowest BCUT2D eigenvalue weighted by atomic mass is 10.0. The maximum absolute atomic E-state index is 12.1. The molecule has 1 aliphatic heterocycles. The van der Waals surface area contributed by atoms with Crippen LogP contribution in [0.1, 0.15) is 34.8 Å². The highest BCUT2D eigenvalue weighted by molar-refractivity contribution is 7.91. The van der Waals surface area contributed by atoms with Crippen molar-refractivity contribution in [3.05, 3.63) is 45.9 Å². The van der Waals surface area contributed by atoms with Gasteiger partial charge in [0.1, 0.15) is 5.01 Å². The number of hydrogen-bond acceptors (Lipinski definition) is 5. The zero-order valence-corrected chi connectivity index (χ0v) is 13.5. The number of nitrogens with one attached hydrogen (secondary N) is 1. The predicted molar refractivity (Wildman–Crippen MR) is 84.2 cm³/mol. The average molecular weight is 322 g/mol. The number of aromatic nitrogens is 1. The summed E-state index contributed by atoms with van der Waals surface area (Å²) in [6.07, 6.45) is 3.54. The van der Waals surface area contributed by atoms with Gasteiger partial charge in [-0.25, -0.2) is 13.4 Å². The highest BCUT2D eigenvalue weighted by Crippen LogP contribution is 2.32. The Morgan fingerprint density at radius 1 is 1.38 bits per heavy atom. The van der Waals surface area contributed by atoms with Gasteiger partial charge in [-0.15, -0.1) is 11.3 Å².